The Bertz CT molecular complexity index is 642. The molecule has 0 heterocycles. The van der Waals surface area contributed by atoms with Gasteiger partial charge in [-0.2, -0.15) is 0 Å². The molecule has 1 aliphatic carbocycles. The van der Waals surface area contributed by atoms with Crippen LogP contribution in [0.5, 0.6) is 0 Å². The first-order valence-electron chi connectivity index (χ1n) is 6.94. The van der Waals surface area contributed by atoms with Crippen LogP contribution in [0.4, 0.5) is 4.39 Å². The second-order valence-electron chi connectivity index (χ2n) is 5.44. The lowest BCUT2D eigenvalue weighted by Gasteiger charge is -2.17. The second-order valence-corrected chi connectivity index (χ2v) is 7.01. The molecule has 2 rings (SSSR count). The summed E-state index contributed by atoms with van der Waals surface area (Å²) < 4.78 is 36.3. The highest BCUT2D eigenvalue weighted by atomic mass is 32.2. The Morgan fingerprint density at radius 1 is 1.48 bits per heavy atom. The average molecular weight is 314 g/mol. The molecule has 0 spiro atoms. The zero-order chi connectivity index (χ0) is 15.6. The highest BCUT2D eigenvalue weighted by Gasteiger charge is 2.26. The quantitative estimate of drug-likeness (QED) is 0.838. The van der Waals surface area contributed by atoms with Crippen LogP contribution in [0.2, 0.25) is 0 Å². The zero-order valence-electron chi connectivity index (χ0n) is 11.8. The third-order valence-electron chi connectivity index (χ3n) is 3.65. The molecule has 0 bridgehead atoms. The fraction of sp³-hybridized carbons (Fsp3) is 0.500. The van der Waals surface area contributed by atoms with Crippen LogP contribution in [-0.4, -0.2) is 20.4 Å². The van der Waals surface area contributed by atoms with Crippen molar-refractivity contribution in [2.75, 3.05) is 0 Å². The van der Waals surface area contributed by atoms with Crippen molar-refractivity contribution >= 4 is 15.9 Å². The molecule has 1 amide bonds. The largest absolute Gasteiger partial charge is 0.349 e. The summed E-state index contributed by atoms with van der Waals surface area (Å²) in [5.41, 5.74) is -0.296. The Morgan fingerprint density at radius 2 is 2.14 bits per heavy atom. The van der Waals surface area contributed by atoms with Gasteiger partial charge in [-0.3, -0.25) is 4.79 Å². The lowest BCUT2D eigenvalue weighted by atomic mass is 10.1. The fourth-order valence-corrected chi connectivity index (χ4v) is 2.74. The van der Waals surface area contributed by atoms with Crippen LogP contribution in [0.15, 0.2) is 23.1 Å². The number of nitrogens with one attached hydrogen (secondary N) is 1. The summed E-state index contributed by atoms with van der Waals surface area (Å²) in [4.78, 5) is 11.9. The number of rotatable bonds is 6. The minimum Gasteiger partial charge on any atom is -0.349 e. The van der Waals surface area contributed by atoms with Gasteiger partial charge >= 0.3 is 0 Å². The summed E-state index contributed by atoms with van der Waals surface area (Å²) in [5, 5.41) is 7.75. The van der Waals surface area contributed by atoms with Gasteiger partial charge in [0.25, 0.3) is 5.91 Å². The SMILES string of the molecule is CCC(CC1CC1)NC(=O)c1cc(S(N)(=O)=O)ccc1F. The Balaban J connectivity index is 2.17. The van der Waals surface area contributed by atoms with Crippen molar-refractivity contribution < 1.29 is 17.6 Å². The molecule has 1 atom stereocenters. The molecule has 0 aliphatic heterocycles. The third-order valence-corrected chi connectivity index (χ3v) is 4.56. The van der Waals surface area contributed by atoms with Crippen molar-refractivity contribution in [3.8, 4) is 0 Å². The van der Waals surface area contributed by atoms with Crippen LogP contribution in [0.25, 0.3) is 0 Å². The summed E-state index contributed by atoms with van der Waals surface area (Å²) in [6.07, 6.45) is 3.96. The monoisotopic (exact) mass is 314 g/mol. The Labute approximate surface area is 123 Å². The normalized spacial score (nSPS) is 16.5. The molecule has 1 fully saturated rings. The molecule has 1 unspecified atom stereocenters. The predicted molar refractivity (Wildman–Crippen MR) is 76.7 cm³/mol. The van der Waals surface area contributed by atoms with Crippen LogP contribution in [0.3, 0.4) is 0 Å². The summed E-state index contributed by atoms with van der Waals surface area (Å²) >= 11 is 0. The molecular weight excluding hydrogens is 295 g/mol. The highest BCUT2D eigenvalue weighted by molar-refractivity contribution is 7.89. The first-order valence-corrected chi connectivity index (χ1v) is 8.49. The summed E-state index contributed by atoms with van der Waals surface area (Å²) in [7, 11) is -3.97. The van der Waals surface area contributed by atoms with Crippen molar-refractivity contribution in [2.45, 2.75) is 43.5 Å². The van der Waals surface area contributed by atoms with Gasteiger partial charge in [-0.1, -0.05) is 19.8 Å². The van der Waals surface area contributed by atoms with Crippen LogP contribution in [0.1, 0.15) is 43.0 Å². The third kappa shape index (κ3) is 4.25. The van der Waals surface area contributed by atoms with E-state index in [9.17, 15) is 17.6 Å². The topological polar surface area (TPSA) is 89.3 Å². The van der Waals surface area contributed by atoms with Crippen molar-refractivity contribution in [3.05, 3.63) is 29.6 Å². The van der Waals surface area contributed by atoms with E-state index in [-0.39, 0.29) is 16.5 Å². The van der Waals surface area contributed by atoms with E-state index in [4.69, 9.17) is 5.14 Å². The molecule has 1 saturated carbocycles. The number of nitrogens with two attached hydrogens (primary N) is 1. The minimum atomic E-state index is -3.97. The predicted octanol–water partition coefficient (Wildman–Crippen LogP) is 1.78. The van der Waals surface area contributed by atoms with Crippen LogP contribution in [-0.2, 0) is 10.0 Å². The molecule has 7 heteroatoms. The molecule has 5 nitrogen and oxygen atoms in total. The summed E-state index contributed by atoms with van der Waals surface area (Å²) in [6, 6.07) is 2.94. The van der Waals surface area contributed by atoms with Crippen molar-refractivity contribution in [1.29, 1.82) is 0 Å². The molecule has 1 aliphatic rings. The number of carbonyl (C=O) groups excluding carboxylic acids is 1. The Morgan fingerprint density at radius 3 is 2.67 bits per heavy atom. The fourth-order valence-electron chi connectivity index (χ4n) is 2.20. The smallest absolute Gasteiger partial charge is 0.254 e. The number of sulfonamides is 1. The van der Waals surface area contributed by atoms with Crippen LogP contribution in [0, 0.1) is 11.7 Å². The van der Waals surface area contributed by atoms with Crippen molar-refractivity contribution in [1.82, 2.24) is 5.32 Å². The summed E-state index contributed by atoms with van der Waals surface area (Å²) in [6.45, 7) is 1.95. The molecular formula is C14H19FN2O3S. The van der Waals surface area contributed by atoms with Gasteiger partial charge < -0.3 is 5.32 Å². The first-order chi connectivity index (χ1) is 9.81. The maximum absolute atomic E-state index is 13.7. The van der Waals surface area contributed by atoms with Gasteiger partial charge in [0.15, 0.2) is 0 Å². The van der Waals surface area contributed by atoms with E-state index < -0.39 is 21.7 Å². The number of primary sulfonamides is 1. The van der Waals surface area contributed by atoms with E-state index >= 15 is 0 Å². The van der Waals surface area contributed by atoms with E-state index in [1.54, 1.807) is 0 Å². The lowest BCUT2D eigenvalue weighted by molar-refractivity contribution is 0.0928. The molecule has 1 aromatic carbocycles. The number of hydrogen-bond donors (Lipinski definition) is 2. The van der Waals surface area contributed by atoms with Crippen molar-refractivity contribution in [2.24, 2.45) is 11.1 Å². The molecule has 21 heavy (non-hydrogen) atoms. The maximum Gasteiger partial charge on any atom is 0.254 e. The van der Waals surface area contributed by atoms with Gasteiger partial charge in [0, 0.05) is 6.04 Å². The molecule has 1 aromatic rings. The standard InChI is InChI=1S/C14H19FN2O3S/c1-2-10(7-9-3-4-9)17-14(18)12-8-11(21(16,19)20)5-6-13(12)15/h5-6,8-10H,2-4,7H2,1H3,(H,17,18)(H2,16,19,20). The second kappa shape index (κ2) is 6.11. The van der Waals surface area contributed by atoms with E-state index in [0.29, 0.717) is 5.92 Å². The Hall–Kier alpha value is -1.47. The lowest BCUT2D eigenvalue weighted by Crippen LogP contribution is -2.35. The summed E-state index contributed by atoms with van der Waals surface area (Å²) in [5.74, 6) is -0.734. The number of hydrogen-bond acceptors (Lipinski definition) is 3. The van der Waals surface area contributed by atoms with Crippen LogP contribution >= 0.6 is 0 Å². The zero-order valence-corrected chi connectivity index (χ0v) is 12.6. The number of amides is 1. The van der Waals surface area contributed by atoms with Gasteiger partial charge in [0.05, 0.1) is 10.5 Å². The maximum atomic E-state index is 13.7. The first kappa shape index (κ1) is 15.9. The number of halogens is 1. The van der Waals surface area contributed by atoms with Gasteiger partial charge in [-0.25, -0.2) is 17.9 Å². The highest BCUT2D eigenvalue weighted by Crippen LogP contribution is 2.34. The Kier molecular flexibility index (Phi) is 4.63. The van der Waals surface area contributed by atoms with Gasteiger partial charge in [-0.15, -0.1) is 0 Å². The van der Waals surface area contributed by atoms with Gasteiger partial charge in [0.2, 0.25) is 10.0 Å². The van der Waals surface area contributed by atoms with Gasteiger partial charge in [-0.05, 0) is 37.0 Å². The minimum absolute atomic E-state index is 0.0254. The van der Waals surface area contributed by atoms with E-state index in [1.165, 1.54) is 12.8 Å². The van der Waals surface area contributed by atoms with Crippen LogP contribution < -0.4 is 10.5 Å². The van der Waals surface area contributed by atoms with E-state index in [2.05, 4.69) is 5.32 Å². The number of benzene rings is 1. The average Bonchev–Trinajstić information content (AvgIpc) is 3.20. The van der Waals surface area contributed by atoms with E-state index in [1.807, 2.05) is 6.92 Å². The molecule has 0 aromatic heterocycles. The van der Waals surface area contributed by atoms with Crippen molar-refractivity contribution in [3.63, 3.8) is 0 Å². The molecule has 0 saturated heterocycles. The number of carbonyl (C=O) groups is 1. The van der Waals surface area contributed by atoms with Gasteiger partial charge in [0.1, 0.15) is 5.82 Å². The van der Waals surface area contributed by atoms with E-state index in [0.717, 1.165) is 31.0 Å². The molecule has 0 radical (unpaired) electrons. The molecule has 3 N–H and O–H groups in total. The molecule has 116 valence electrons.